The quantitative estimate of drug-likeness (QED) is 0.672. The fourth-order valence-corrected chi connectivity index (χ4v) is 1.49. The number of rotatable bonds is 2. The third-order valence-electron chi connectivity index (χ3n) is 2.20. The van der Waals surface area contributed by atoms with Crippen molar-refractivity contribution in [2.24, 2.45) is 0 Å². The van der Waals surface area contributed by atoms with Gasteiger partial charge in [-0.2, -0.15) is 0 Å². The van der Waals surface area contributed by atoms with E-state index in [1.54, 1.807) is 18.2 Å². The highest BCUT2D eigenvalue weighted by atomic mass is 16.1. The SMILES string of the molecule is O=Cc1ccc2cccc(C=O)c2c1. The molecule has 0 saturated heterocycles. The molecule has 0 spiro atoms. The van der Waals surface area contributed by atoms with Gasteiger partial charge in [-0.05, 0) is 16.8 Å². The zero-order valence-corrected chi connectivity index (χ0v) is 7.44. The standard InChI is InChI=1S/C12H8O2/c13-7-9-4-5-10-2-1-3-11(8-14)12(10)6-9/h1-8H. The van der Waals surface area contributed by atoms with Crippen LogP contribution < -0.4 is 0 Å². The predicted octanol–water partition coefficient (Wildman–Crippen LogP) is 2.46. The second kappa shape index (κ2) is 3.42. The summed E-state index contributed by atoms with van der Waals surface area (Å²) in [6, 6.07) is 10.8. The molecule has 0 aliphatic carbocycles. The lowest BCUT2D eigenvalue weighted by Crippen LogP contribution is -1.85. The van der Waals surface area contributed by atoms with E-state index in [4.69, 9.17) is 0 Å². The first-order chi connectivity index (χ1) is 6.85. The summed E-state index contributed by atoms with van der Waals surface area (Å²) >= 11 is 0. The first kappa shape index (κ1) is 8.63. The molecule has 2 nitrogen and oxygen atoms in total. The molecule has 2 aromatic carbocycles. The van der Waals surface area contributed by atoms with Crippen molar-refractivity contribution in [1.82, 2.24) is 0 Å². The molecule has 2 rings (SSSR count). The summed E-state index contributed by atoms with van der Waals surface area (Å²) in [6.45, 7) is 0. The molecule has 0 aliphatic rings. The van der Waals surface area contributed by atoms with Crippen LogP contribution in [0.5, 0.6) is 0 Å². The van der Waals surface area contributed by atoms with E-state index >= 15 is 0 Å². The summed E-state index contributed by atoms with van der Waals surface area (Å²) in [5.41, 5.74) is 1.21. The minimum Gasteiger partial charge on any atom is -0.298 e. The second-order valence-corrected chi connectivity index (χ2v) is 3.06. The Hall–Kier alpha value is -1.96. The minimum atomic E-state index is 0.590. The van der Waals surface area contributed by atoms with Crippen LogP contribution in [0, 0.1) is 0 Å². The van der Waals surface area contributed by atoms with Crippen LogP contribution in [-0.2, 0) is 0 Å². The third-order valence-corrected chi connectivity index (χ3v) is 2.20. The molecule has 0 bridgehead atoms. The average molecular weight is 184 g/mol. The molecule has 2 heteroatoms. The number of carbonyl (C=O) groups is 2. The molecule has 0 amide bonds. The smallest absolute Gasteiger partial charge is 0.150 e. The molecule has 0 aromatic heterocycles. The van der Waals surface area contributed by atoms with Gasteiger partial charge >= 0.3 is 0 Å². The predicted molar refractivity (Wildman–Crippen MR) is 54.7 cm³/mol. The fraction of sp³-hybridized carbons (Fsp3) is 0. The highest BCUT2D eigenvalue weighted by Crippen LogP contribution is 2.18. The Kier molecular flexibility index (Phi) is 2.11. The first-order valence-corrected chi connectivity index (χ1v) is 4.28. The van der Waals surface area contributed by atoms with Crippen molar-refractivity contribution < 1.29 is 9.59 Å². The molecule has 0 unspecified atom stereocenters. The van der Waals surface area contributed by atoms with Crippen molar-refractivity contribution >= 4 is 23.3 Å². The Balaban J connectivity index is 2.82. The van der Waals surface area contributed by atoms with E-state index in [2.05, 4.69) is 0 Å². The van der Waals surface area contributed by atoms with Gasteiger partial charge in [0.15, 0.2) is 6.29 Å². The Morgan fingerprint density at radius 2 is 1.79 bits per heavy atom. The molecule has 0 N–H and O–H groups in total. The Labute approximate surface area is 81.2 Å². The van der Waals surface area contributed by atoms with E-state index < -0.39 is 0 Å². The number of hydrogen-bond donors (Lipinski definition) is 0. The van der Waals surface area contributed by atoms with Gasteiger partial charge in [0.2, 0.25) is 0 Å². The first-order valence-electron chi connectivity index (χ1n) is 4.28. The van der Waals surface area contributed by atoms with Crippen LogP contribution in [0.1, 0.15) is 20.7 Å². The number of fused-ring (bicyclic) bond motifs is 1. The van der Waals surface area contributed by atoms with Gasteiger partial charge in [-0.25, -0.2) is 0 Å². The van der Waals surface area contributed by atoms with E-state index in [-0.39, 0.29) is 0 Å². The van der Waals surface area contributed by atoms with Crippen molar-refractivity contribution in [3.05, 3.63) is 47.5 Å². The molecule has 0 atom stereocenters. The molecule has 14 heavy (non-hydrogen) atoms. The molecule has 0 radical (unpaired) electrons. The monoisotopic (exact) mass is 184 g/mol. The topological polar surface area (TPSA) is 34.1 Å². The average Bonchev–Trinajstić information content (AvgIpc) is 2.27. The molecule has 0 heterocycles. The van der Waals surface area contributed by atoms with Crippen LogP contribution in [0.3, 0.4) is 0 Å². The van der Waals surface area contributed by atoms with Crippen LogP contribution in [0.25, 0.3) is 10.8 Å². The van der Waals surface area contributed by atoms with E-state index in [1.165, 1.54) is 0 Å². The Morgan fingerprint density at radius 1 is 0.929 bits per heavy atom. The molecule has 0 saturated carbocycles. The molecular weight excluding hydrogens is 176 g/mol. The van der Waals surface area contributed by atoms with Gasteiger partial charge < -0.3 is 0 Å². The molecule has 0 fully saturated rings. The summed E-state index contributed by atoms with van der Waals surface area (Å²) in [7, 11) is 0. The second-order valence-electron chi connectivity index (χ2n) is 3.06. The maximum Gasteiger partial charge on any atom is 0.150 e. The van der Waals surface area contributed by atoms with E-state index in [9.17, 15) is 9.59 Å². The normalized spacial score (nSPS) is 10.0. The summed E-state index contributed by atoms with van der Waals surface area (Å²) in [5.74, 6) is 0. The summed E-state index contributed by atoms with van der Waals surface area (Å²) in [4.78, 5) is 21.3. The number of aldehydes is 2. The van der Waals surface area contributed by atoms with Gasteiger partial charge in [-0.1, -0.05) is 30.3 Å². The van der Waals surface area contributed by atoms with Crippen molar-refractivity contribution in [2.75, 3.05) is 0 Å². The lowest BCUT2D eigenvalue weighted by Gasteiger charge is -2.00. The van der Waals surface area contributed by atoms with E-state index in [1.807, 2.05) is 18.2 Å². The van der Waals surface area contributed by atoms with Crippen LogP contribution in [0.4, 0.5) is 0 Å². The van der Waals surface area contributed by atoms with Gasteiger partial charge in [-0.15, -0.1) is 0 Å². The van der Waals surface area contributed by atoms with Crippen LogP contribution >= 0.6 is 0 Å². The third kappa shape index (κ3) is 1.31. The minimum absolute atomic E-state index is 0.590. The van der Waals surface area contributed by atoms with Crippen molar-refractivity contribution in [2.45, 2.75) is 0 Å². The number of hydrogen-bond acceptors (Lipinski definition) is 2. The van der Waals surface area contributed by atoms with Crippen molar-refractivity contribution in [3.8, 4) is 0 Å². The van der Waals surface area contributed by atoms with Gasteiger partial charge in [0.05, 0.1) is 0 Å². The number of benzene rings is 2. The van der Waals surface area contributed by atoms with Crippen LogP contribution in [0.15, 0.2) is 36.4 Å². The van der Waals surface area contributed by atoms with Gasteiger partial charge in [-0.3, -0.25) is 9.59 Å². The lowest BCUT2D eigenvalue weighted by atomic mass is 10.0. The fourth-order valence-electron chi connectivity index (χ4n) is 1.49. The zero-order valence-electron chi connectivity index (χ0n) is 7.44. The molecule has 68 valence electrons. The molecular formula is C12H8O2. The van der Waals surface area contributed by atoms with Crippen LogP contribution in [-0.4, -0.2) is 12.6 Å². The Morgan fingerprint density at radius 3 is 2.50 bits per heavy atom. The lowest BCUT2D eigenvalue weighted by molar-refractivity contribution is 0.111. The Bertz CT molecular complexity index is 501. The van der Waals surface area contributed by atoms with Gasteiger partial charge in [0.1, 0.15) is 6.29 Å². The maximum absolute atomic E-state index is 10.7. The number of carbonyl (C=O) groups excluding carboxylic acids is 2. The molecule has 0 aliphatic heterocycles. The maximum atomic E-state index is 10.7. The van der Waals surface area contributed by atoms with Crippen molar-refractivity contribution in [3.63, 3.8) is 0 Å². The van der Waals surface area contributed by atoms with Crippen LogP contribution in [0.2, 0.25) is 0 Å². The summed E-state index contributed by atoms with van der Waals surface area (Å²) in [6.07, 6.45) is 1.58. The van der Waals surface area contributed by atoms with E-state index in [0.717, 1.165) is 23.3 Å². The highest BCUT2D eigenvalue weighted by Gasteiger charge is 2.00. The zero-order chi connectivity index (χ0) is 9.97. The van der Waals surface area contributed by atoms with E-state index in [0.29, 0.717) is 11.1 Å². The van der Waals surface area contributed by atoms with Gasteiger partial charge in [0, 0.05) is 11.1 Å². The summed E-state index contributed by atoms with van der Waals surface area (Å²) in [5, 5.41) is 1.80. The highest BCUT2D eigenvalue weighted by molar-refractivity contribution is 6.00. The summed E-state index contributed by atoms with van der Waals surface area (Å²) < 4.78 is 0. The largest absolute Gasteiger partial charge is 0.298 e. The molecule has 2 aromatic rings. The van der Waals surface area contributed by atoms with Gasteiger partial charge in [0.25, 0.3) is 0 Å². The van der Waals surface area contributed by atoms with Crippen molar-refractivity contribution in [1.29, 1.82) is 0 Å².